The van der Waals surface area contributed by atoms with Crippen molar-refractivity contribution in [3.05, 3.63) is 34.9 Å². The van der Waals surface area contributed by atoms with Gasteiger partial charge in [-0.2, -0.15) is 0 Å². The number of hydrogen-bond acceptors (Lipinski definition) is 3. The van der Waals surface area contributed by atoms with E-state index in [0.29, 0.717) is 31.0 Å². The zero-order valence-corrected chi connectivity index (χ0v) is 17.1. The van der Waals surface area contributed by atoms with E-state index in [4.69, 9.17) is 11.6 Å². The van der Waals surface area contributed by atoms with Crippen LogP contribution in [0.1, 0.15) is 51.5 Å². The van der Waals surface area contributed by atoms with Gasteiger partial charge in [0.05, 0.1) is 4.75 Å². The molecule has 0 bridgehead atoms. The van der Waals surface area contributed by atoms with Gasteiger partial charge in [-0.05, 0) is 63.6 Å². The van der Waals surface area contributed by atoms with E-state index in [1.807, 2.05) is 24.3 Å². The van der Waals surface area contributed by atoms with Gasteiger partial charge in [0.25, 0.3) is 0 Å². The molecule has 2 aliphatic rings. The zero-order chi connectivity index (χ0) is 19.1. The molecule has 0 radical (unpaired) electrons. The van der Waals surface area contributed by atoms with Crippen molar-refractivity contribution in [1.29, 1.82) is 0 Å². The summed E-state index contributed by atoms with van der Waals surface area (Å²) in [5.41, 5.74) is 1.15. The Morgan fingerprint density at radius 3 is 2.27 bits per heavy atom. The number of piperidine rings is 1. The van der Waals surface area contributed by atoms with E-state index < -0.39 is 14.8 Å². The number of nitrogens with zero attached hydrogens (tertiary/aromatic N) is 1. The fourth-order valence-corrected chi connectivity index (χ4v) is 5.09. The van der Waals surface area contributed by atoms with Crippen molar-refractivity contribution in [2.24, 2.45) is 5.92 Å². The van der Waals surface area contributed by atoms with Crippen LogP contribution in [-0.4, -0.2) is 42.5 Å². The second-order valence-corrected chi connectivity index (χ2v) is 11.4. The Balaban J connectivity index is 1.50. The molecule has 2 fully saturated rings. The molecule has 1 aromatic rings. The predicted molar refractivity (Wildman–Crippen MR) is 104 cm³/mol. The summed E-state index contributed by atoms with van der Waals surface area (Å²) in [6, 6.07) is 7.73. The van der Waals surface area contributed by atoms with E-state index in [0.717, 1.165) is 12.0 Å². The number of sulfonamides is 1. The van der Waals surface area contributed by atoms with E-state index >= 15 is 0 Å². The average Bonchev–Trinajstić information content (AvgIpc) is 3.36. The zero-order valence-electron chi connectivity index (χ0n) is 15.5. The summed E-state index contributed by atoms with van der Waals surface area (Å²) in [5.74, 6) is 0.378. The Morgan fingerprint density at radius 2 is 1.73 bits per heavy atom. The molecule has 1 amide bonds. The summed E-state index contributed by atoms with van der Waals surface area (Å²) in [4.78, 5) is 12.5. The van der Waals surface area contributed by atoms with E-state index in [2.05, 4.69) is 5.32 Å². The highest BCUT2D eigenvalue weighted by molar-refractivity contribution is 7.90. The van der Waals surface area contributed by atoms with Gasteiger partial charge < -0.3 is 5.32 Å². The molecule has 26 heavy (non-hydrogen) atoms. The number of rotatable bonds is 4. The highest BCUT2D eigenvalue weighted by atomic mass is 35.5. The number of nitrogens with one attached hydrogen (secondary N) is 1. The topological polar surface area (TPSA) is 66.5 Å². The molecule has 5 nitrogen and oxygen atoms in total. The molecule has 144 valence electrons. The molecule has 1 aliphatic heterocycles. The maximum Gasteiger partial charge on any atom is 0.223 e. The summed E-state index contributed by atoms with van der Waals surface area (Å²) < 4.78 is 25.8. The lowest BCUT2D eigenvalue weighted by atomic mass is 10.1. The molecule has 0 spiro atoms. The second-order valence-electron chi connectivity index (χ2n) is 8.30. The first-order valence-electron chi connectivity index (χ1n) is 9.15. The number of benzene rings is 1. The smallest absolute Gasteiger partial charge is 0.223 e. The van der Waals surface area contributed by atoms with Crippen LogP contribution in [0, 0.1) is 5.92 Å². The Bertz CT molecular complexity index is 763. The number of hydrogen-bond donors (Lipinski definition) is 1. The van der Waals surface area contributed by atoms with Gasteiger partial charge >= 0.3 is 0 Å². The number of carbonyl (C=O) groups excluding carboxylic acids is 1. The maximum atomic E-state index is 12.5. The molecule has 7 heteroatoms. The van der Waals surface area contributed by atoms with Crippen LogP contribution in [0.2, 0.25) is 5.02 Å². The van der Waals surface area contributed by atoms with Gasteiger partial charge in [0.1, 0.15) is 0 Å². The molecule has 1 N–H and O–H groups in total. The molecule has 1 aromatic carbocycles. The van der Waals surface area contributed by atoms with Crippen molar-refractivity contribution in [3.63, 3.8) is 0 Å². The third kappa shape index (κ3) is 4.07. The summed E-state index contributed by atoms with van der Waals surface area (Å²) in [5, 5.41) is 3.82. The first kappa shape index (κ1) is 19.6. The first-order valence-corrected chi connectivity index (χ1v) is 11.0. The molecule has 1 aliphatic carbocycles. The third-order valence-corrected chi connectivity index (χ3v) is 8.18. The van der Waals surface area contributed by atoms with Crippen molar-refractivity contribution < 1.29 is 13.2 Å². The Kier molecular flexibility index (Phi) is 5.39. The van der Waals surface area contributed by atoms with Gasteiger partial charge in [0, 0.05) is 30.1 Å². The second kappa shape index (κ2) is 7.13. The lowest BCUT2D eigenvalue weighted by Gasteiger charge is -2.35. The summed E-state index contributed by atoms with van der Waals surface area (Å²) in [6.45, 7) is 6.10. The number of halogens is 1. The fourth-order valence-electron chi connectivity index (χ4n) is 3.50. The van der Waals surface area contributed by atoms with Crippen molar-refractivity contribution in [2.45, 2.75) is 56.7 Å². The van der Waals surface area contributed by atoms with Crippen LogP contribution >= 0.6 is 11.6 Å². The van der Waals surface area contributed by atoms with Crippen LogP contribution in [0.4, 0.5) is 0 Å². The van der Waals surface area contributed by atoms with E-state index in [1.165, 1.54) is 0 Å². The van der Waals surface area contributed by atoms with Gasteiger partial charge in [0.2, 0.25) is 15.9 Å². The third-order valence-electron chi connectivity index (χ3n) is 5.34. The quantitative estimate of drug-likeness (QED) is 0.847. The minimum absolute atomic E-state index is 0.0208. The van der Waals surface area contributed by atoms with Crippen LogP contribution < -0.4 is 5.32 Å². The van der Waals surface area contributed by atoms with Crippen LogP contribution in [0.15, 0.2) is 24.3 Å². The lowest BCUT2D eigenvalue weighted by molar-refractivity contribution is -0.123. The number of carbonyl (C=O) groups is 1. The van der Waals surface area contributed by atoms with E-state index in [9.17, 15) is 13.2 Å². The molecule has 1 heterocycles. The molecule has 2 atom stereocenters. The van der Waals surface area contributed by atoms with Gasteiger partial charge in [0.15, 0.2) is 0 Å². The maximum absolute atomic E-state index is 12.5. The predicted octanol–water partition coefficient (Wildman–Crippen LogP) is 3.15. The number of amides is 1. The Hall–Kier alpha value is -1.11. The van der Waals surface area contributed by atoms with Gasteiger partial charge in [-0.25, -0.2) is 12.7 Å². The molecule has 3 rings (SSSR count). The summed E-state index contributed by atoms with van der Waals surface area (Å²) >= 11 is 5.91. The van der Waals surface area contributed by atoms with Crippen molar-refractivity contribution >= 4 is 27.5 Å². The standard InChI is InChI=1S/C19H27ClN2O3S/c1-19(2,3)26(24,25)22-10-8-15(9-11-22)21-18(23)17-12-16(17)13-4-6-14(20)7-5-13/h4-7,15-17H,8-12H2,1-3H3,(H,21,23)/t16-,17+/m0/s1. The summed E-state index contributed by atoms with van der Waals surface area (Å²) in [6.07, 6.45) is 2.20. The largest absolute Gasteiger partial charge is 0.353 e. The Morgan fingerprint density at radius 1 is 1.15 bits per heavy atom. The molecular weight excluding hydrogens is 372 g/mol. The fraction of sp³-hybridized carbons (Fsp3) is 0.632. The average molecular weight is 399 g/mol. The summed E-state index contributed by atoms with van der Waals surface area (Å²) in [7, 11) is -3.29. The molecule has 0 aromatic heterocycles. The van der Waals surface area contributed by atoms with Gasteiger partial charge in [-0.1, -0.05) is 23.7 Å². The van der Waals surface area contributed by atoms with Crippen LogP contribution in [0.5, 0.6) is 0 Å². The molecule has 1 saturated heterocycles. The Labute approximate surface area is 161 Å². The normalized spacial score (nSPS) is 25.1. The SMILES string of the molecule is CC(C)(C)S(=O)(=O)N1CCC(NC(=O)[C@@H]2C[C@H]2c2ccc(Cl)cc2)CC1. The van der Waals surface area contributed by atoms with Crippen LogP contribution in [0.3, 0.4) is 0 Å². The molecule has 0 unspecified atom stereocenters. The highest BCUT2D eigenvalue weighted by Gasteiger charge is 2.45. The van der Waals surface area contributed by atoms with Gasteiger partial charge in [-0.3, -0.25) is 4.79 Å². The van der Waals surface area contributed by atoms with E-state index in [-0.39, 0.29) is 23.8 Å². The lowest BCUT2D eigenvalue weighted by Crippen LogP contribution is -2.50. The van der Waals surface area contributed by atoms with E-state index in [1.54, 1.807) is 25.1 Å². The minimum atomic E-state index is -3.29. The van der Waals surface area contributed by atoms with Crippen molar-refractivity contribution in [2.75, 3.05) is 13.1 Å². The monoisotopic (exact) mass is 398 g/mol. The molecular formula is C19H27ClN2O3S. The van der Waals surface area contributed by atoms with Gasteiger partial charge in [-0.15, -0.1) is 0 Å². The highest BCUT2D eigenvalue weighted by Crippen LogP contribution is 2.47. The van der Waals surface area contributed by atoms with Crippen molar-refractivity contribution in [1.82, 2.24) is 9.62 Å². The molecule has 1 saturated carbocycles. The first-order chi connectivity index (χ1) is 12.1. The van der Waals surface area contributed by atoms with Crippen molar-refractivity contribution in [3.8, 4) is 0 Å². The minimum Gasteiger partial charge on any atom is -0.353 e. The van der Waals surface area contributed by atoms with Crippen LogP contribution in [-0.2, 0) is 14.8 Å². The van der Waals surface area contributed by atoms with Crippen LogP contribution in [0.25, 0.3) is 0 Å².